The maximum absolute atomic E-state index is 12.1. The Balaban J connectivity index is 1.55. The topological polar surface area (TPSA) is 17.1 Å². The van der Waals surface area contributed by atoms with E-state index in [1.807, 2.05) is 0 Å². The van der Waals surface area contributed by atoms with Gasteiger partial charge in [0.15, 0.2) is 5.78 Å². The van der Waals surface area contributed by atoms with Gasteiger partial charge in [0.1, 0.15) is 0 Å². The van der Waals surface area contributed by atoms with Crippen LogP contribution >= 0.6 is 0 Å². The molecule has 0 aromatic carbocycles. The summed E-state index contributed by atoms with van der Waals surface area (Å²) in [5.41, 5.74) is 4.24. The molecule has 0 amide bonds. The Bertz CT molecular complexity index is 721. The minimum Gasteiger partial charge on any atom is -0.295 e. The predicted molar refractivity (Wildman–Crippen MR) is 123 cm³/mol. The summed E-state index contributed by atoms with van der Waals surface area (Å²) in [6, 6.07) is 0. The van der Waals surface area contributed by atoms with Gasteiger partial charge in [-0.2, -0.15) is 0 Å². The summed E-state index contributed by atoms with van der Waals surface area (Å²) < 4.78 is 0. The molecule has 3 saturated carbocycles. The maximum atomic E-state index is 12.1. The lowest BCUT2D eigenvalue weighted by molar-refractivity contribution is -0.118. The molecule has 0 aromatic rings. The van der Waals surface area contributed by atoms with Crippen molar-refractivity contribution in [2.24, 2.45) is 39.9 Å². The highest BCUT2D eigenvalue weighted by Crippen LogP contribution is 2.69. The van der Waals surface area contributed by atoms with E-state index in [2.05, 4.69) is 53.7 Å². The van der Waals surface area contributed by atoms with E-state index in [0.29, 0.717) is 22.0 Å². The Morgan fingerprint density at radius 1 is 1.07 bits per heavy atom. The van der Waals surface area contributed by atoms with Gasteiger partial charge < -0.3 is 0 Å². The molecule has 1 nitrogen and oxygen atoms in total. The smallest absolute Gasteiger partial charge is 0.155 e. The first-order valence-electron chi connectivity index (χ1n) is 12.5. The zero-order valence-electron chi connectivity index (χ0n) is 19.9. The molecule has 4 aliphatic carbocycles. The van der Waals surface area contributed by atoms with Gasteiger partial charge >= 0.3 is 0 Å². The molecule has 6 atom stereocenters. The fourth-order valence-corrected chi connectivity index (χ4v) is 8.75. The molecule has 0 N–H and O–H groups in total. The normalized spacial score (nSPS) is 41.9. The second kappa shape index (κ2) is 7.38. The van der Waals surface area contributed by atoms with Gasteiger partial charge in [0.25, 0.3) is 0 Å². The third-order valence-electron chi connectivity index (χ3n) is 10.2. The van der Waals surface area contributed by atoms with E-state index >= 15 is 0 Å². The van der Waals surface area contributed by atoms with E-state index in [4.69, 9.17) is 0 Å². The van der Waals surface area contributed by atoms with Crippen LogP contribution in [0.25, 0.3) is 0 Å². The van der Waals surface area contributed by atoms with Crippen LogP contribution in [0.5, 0.6) is 0 Å². The zero-order valence-corrected chi connectivity index (χ0v) is 19.9. The fourth-order valence-electron chi connectivity index (χ4n) is 8.75. The lowest BCUT2D eigenvalue weighted by Crippen LogP contribution is -2.51. The van der Waals surface area contributed by atoms with E-state index < -0.39 is 0 Å². The molecule has 0 aliphatic heterocycles. The van der Waals surface area contributed by atoms with E-state index in [0.717, 1.165) is 36.5 Å². The first-order valence-corrected chi connectivity index (χ1v) is 12.5. The second-order valence-corrected chi connectivity index (χ2v) is 12.5. The average molecular weight is 397 g/mol. The van der Waals surface area contributed by atoms with Crippen LogP contribution in [0.2, 0.25) is 0 Å². The van der Waals surface area contributed by atoms with Crippen molar-refractivity contribution in [1.29, 1.82) is 0 Å². The van der Waals surface area contributed by atoms with Crippen molar-refractivity contribution in [3.8, 4) is 0 Å². The summed E-state index contributed by atoms with van der Waals surface area (Å²) in [5.74, 6) is 3.87. The number of allylic oxidation sites excluding steroid dienone is 3. The van der Waals surface area contributed by atoms with Gasteiger partial charge in [-0.05, 0) is 118 Å². The van der Waals surface area contributed by atoms with Gasteiger partial charge in [0.05, 0.1) is 0 Å². The summed E-state index contributed by atoms with van der Waals surface area (Å²) in [5, 5.41) is 0. The minimum absolute atomic E-state index is 0.315. The monoisotopic (exact) mass is 396 g/mol. The summed E-state index contributed by atoms with van der Waals surface area (Å²) >= 11 is 0. The molecule has 4 rings (SSSR count). The molecule has 1 heteroatoms. The van der Waals surface area contributed by atoms with Crippen molar-refractivity contribution in [1.82, 2.24) is 0 Å². The van der Waals surface area contributed by atoms with Gasteiger partial charge in [-0.3, -0.25) is 4.79 Å². The highest BCUT2D eigenvalue weighted by atomic mass is 16.1. The maximum Gasteiger partial charge on any atom is 0.155 e. The third-order valence-corrected chi connectivity index (χ3v) is 10.2. The average Bonchev–Trinajstić information content (AvgIpc) is 3.00. The quantitative estimate of drug-likeness (QED) is 0.441. The summed E-state index contributed by atoms with van der Waals surface area (Å²) in [6.07, 6.45) is 17.1. The van der Waals surface area contributed by atoms with Gasteiger partial charge in [-0.15, -0.1) is 0 Å². The van der Waals surface area contributed by atoms with Gasteiger partial charge in [0, 0.05) is 6.42 Å². The van der Waals surface area contributed by atoms with Gasteiger partial charge in [-0.1, -0.05) is 44.9 Å². The molecule has 0 bridgehead atoms. The molecular weight excluding hydrogens is 352 g/mol. The standard InChI is InChI=1S/C28H44O/c1-19(2)8-7-15-26(3,4)25-12-11-23-22-10-9-20-18-21(29)13-16-27(20,5)24(22)14-17-28(23,25)6/h8,18,22-25H,7,9-17H2,1-6H3/t22-,23-,24-,25+,27-,28-/m0/s1. The van der Waals surface area contributed by atoms with Gasteiger partial charge in [-0.25, -0.2) is 0 Å². The molecule has 4 aliphatic rings. The van der Waals surface area contributed by atoms with Crippen LogP contribution < -0.4 is 0 Å². The van der Waals surface area contributed by atoms with Crippen molar-refractivity contribution in [3.63, 3.8) is 0 Å². The second-order valence-electron chi connectivity index (χ2n) is 12.5. The summed E-state index contributed by atoms with van der Waals surface area (Å²) in [7, 11) is 0. The first kappa shape index (κ1) is 21.4. The van der Waals surface area contributed by atoms with E-state index in [-0.39, 0.29) is 0 Å². The summed E-state index contributed by atoms with van der Waals surface area (Å²) in [4.78, 5) is 12.1. The molecule has 162 valence electrons. The molecule has 29 heavy (non-hydrogen) atoms. The minimum atomic E-state index is 0.315. The molecule has 3 fully saturated rings. The molecule has 0 spiro atoms. The van der Waals surface area contributed by atoms with Crippen LogP contribution in [-0.4, -0.2) is 5.78 Å². The third kappa shape index (κ3) is 3.49. The SMILES string of the molecule is CC(C)=CCCC(C)(C)[C@H]1CC[C@H]2[C@@H]3CCC4=CC(=O)CC[C@]4(C)[C@H]3CC[C@]12C. The van der Waals surface area contributed by atoms with E-state index in [1.165, 1.54) is 62.5 Å². The largest absolute Gasteiger partial charge is 0.295 e. The number of hydrogen-bond acceptors (Lipinski definition) is 1. The Morgan fingerprint density at radius 2 is 1.83 bits per heavy atom. The van der Waals surface area contributed by atoms with Crippen molar-refractivity contribution < 1.29 is 4.79 Å². The number of hydrogen-bond donors (Lipinski definition) is 0. The molecule has 0 radical (unpaired) electrons. The van der Waals surface area contributed by atoms with Crippen LogP contribution in [0.1, 0.15) is 106 Å². The highest BCUT2D eigenvalue weighted by molar-refractivity contribution is 5.91. The zero-order chi connectivity index (χ0) is 21.0. The van der Waals surface area contributed by atoms with E-state index in [1.54, 1.807) is 0 Å². The summed E-state index contributed by atoms with van der Waals surface area (Å²) in [6.45, 7) is 14.8. The molecule has 0 saturated heterocycles. The molecule has 0 heterocycles. The lowest BCUT2D eigenvalue weighted by atomic mass is 9.45. The number of carbonyl (C=O) groups excluding carboxylic acids is 1. The van der Waals surface area contributed by atoms with Crippen LogP contribution in [-0.2, 0) is 4.79 Å². The van der Waals surface area contributed by atoms with Crippen LogP contribution in [0.3, 0.4) is 0 Å². The molecule has 0 aromatic heterocycles. The van der Waals surface area contributed by atoms with Crippen molar-refractivity contribution in [2.75, 3.05) is 0 Å². The lowest BCUT2D eigenvalue weighted by Gasteiger charge is -2.59. The van der Waals surface area contributed by atoms with Crippen LogP contribution in [0.4, 0.5) is 0 Å². The Labute approximate surface area is 179 Å². The van der Waals surface area contributed by atoms with Crippen molar-refractivity contribution in [3.05, 3.63) is 23.3 Å². The van der Waals surface area contributed by atoms with Crippen LogP contribution in [0, 0.1) is 39.9 Å². The molecular formula is C28H44O. The molecule has 0 unspecified atom stereocenters. The number of rotatable bonds is 4. The Morgan fingerprint density at radius 3 is 2.55 bits per heavy atom. The first-order chi connectivity index (χ1) is 13.6. The number of fused-ring (bicyclic) bond motifs is 5. The van der Waals surface area contributed by atoms with Gasteiger partial charge in [0.2, 0.25) is 0 Å². The number of ketones is 1. The van der Waals surface area contributed by atoms with Crippen molar-refractivity contribution >= 4 is 5.78 Å². The van der Waals surface area contributed by atoms with Crippen LogP contribution in [0.15, 0.2) is 23.3 Å². The Hall–Kier alpha value is -0.850. The predicted octanol–water partition coefficient (Wildman–Crippen LogP) is 7.91. The van der Waals surface area contributed by atoms with Crippen molar-refractivity contribution in [2.45, 2.75) is 106 Å². The highest BCUT2D eigenvalue weighted by Gasteiger charge is 2.60. The fraction of sp³-hybridized carbons (Fsp3) is 0.821. The Kier molecular flexibility index (Phi) is 5.44. The van der Waals surface area contributed by atoms with E-state index in [9.17, 15) is 4.79 Å². The number of carbonyl (C=O) groups is 1.